The predicted molar refractivity (Wildman–Crippen MR) is 70.9 cm³/mol. The van der Waals surface area contributed by atoms with Crippen LogP contribution in [0.3, 0.4) is 0 Å². The van der Waals surface area contributed by atoms with Crippen LogP contribution in [-0.2, 0) is 9.53 Å². The fraction of sp³-hybridized carbons (Fsp3) is 0.917. The van der Waals surface area contributed by atoms with Gasteiger partial charge in [-0.3, -0.25) is 4.79 Å². The quantitative estimate of drug-likeness (QED) is 0.636. The molecule has 0 heterocycles. The third-order valence-corrected chi connectivity index (χ3v) is 3.31. The minimum absolute atomic E-state index is 0.0286. The number of amides is 1. The van der Waals surface area contributed by atoms with Crippen LogP contribution in [0.2, 0.25) is 0 Å². The summed E-state index contributed by atoms with van der Waals surface area (Å²) < 4.78 is 5.09. The minimum atomic E-state index is -0.709. The molecule has 0 radical (unpaired) electrons. The first-order valence-corrected chi connectivity index (χ1v) is 7.26. The van der Waals surface area contributed by atoms with Gasteiger partial charge >= 0.3 is 0 Å². The molecule has 1 amide bonds. The summed E-state index contributed by atoms with van der Waals surface area (Å²) in [6.07, 6.45) is 6.91. The van der Waals surface area contributed by atoms with Crippen molar-refractivity contribution in [2.24, 2.45) is 0 Å². The molecule has 16 heavy (non-hydrogen) atoms. The summed E-state index contributed by atoms with van der Waals surface area (Å²) in [6.45, 7) is 4.31. The van der Waals surface area contributed by atoms with Gasteiger partial charge in [-0.2, -0.15) is 11.8 Å². The number of ether oxygens (including phenoxy) is 1. The Morgan fingerprint density at radius 3 is 2.44 bits per heavy atom. The molecule has 1 N–H and O–H groups in total. The normalized spacial score (nSPS) is 11.5. The molecule has 4 heteroatoms. The summed E-state index contributed by atoms with van der Waals surface area (Å²) in [4.78, 5) is 11.6. The van der Waals surface area contributed by atoms with Crippen LogP contribution >= 0.6 is 11.8 Å². The van der Waals surface area contributed by atoms with Gasteiger partial charge in [0.1, 0.15) is 5.60 Å². The molecule has 0 saturated heterocycles. The van der Waals surface area contributed by atoms with E-state index < -0.39 is 5.60 Å². The van der Waals surface area contributed by atoms with Crippen LogP contribution in [0.25, 0.3) is 0 Å². The van der Waals surface area contributed by atoms with Crippen molar-refractivity contribution < 1.29 is 9.53 Å². The molecule has 0 aliphatic carbocycles. The van der Waals surface area contributed by atoms with E-state index in [1.54, 1.807) is 21.0 Å². The van der Waals surface area contributed by atoms with Crippen LogP contribution in [0.15, 0.2) is 0 Å². The van der Waals surface area contributed by atoms with Crippen molar-refractivity contribution in [3.8, 4) is 0 Å². The second-order valence-corrected chi connectivity index (χ2v) is 5.36. The second kappa shape index (κ2) is 8.88. The van der Waals surface area contributed by atoms with Gasteiger partial charge in [0, 0.05) is 13.7 Å². The smallest absolute Gasteiger partial charge is 0.251 e. The van der Waals surface area contributed by atoms with Crippen LogP contribution in [-0.4, -0.2) is 37.2 Å². The van der Waals surface area contributed by atoms with E-state index in [2.05, 4.69) is 11.6 Å². The van der Waals surface area contributed by atoms with Crippen molar-refractivity contribution in [3.63, 3.8) is 0 Å². The van der Waals surface area contributed by atoms with Crippen molar-refractivity contribution >= 4 is 17.7 Å². The van der Waals surface area contributed by atoms with E-state index in [4.69, 9.17) is 4.74 Å². The molecule has 0 aromatic carbocycles. The van der Waals surface area contributed by atoms with Crippen molar-refractivity contribution in [1.29, 1.82) is 0 Å². The van der Waals surface area contributed by atoms with E-state index in [9.17, 15) is 4.79 Å². The molecular weight excluding hydrogens is 222 g/mol. The zero-order chi connectivity index (χ0) is 12.4. The Bertz CT molecular complexity index is 195. The molecule has 0 unspecified atom stereocenters. The molecular formula is C12H25NO2S. The SMILES string of the molecule is COC(C)(C)C(=O)NCCCCCCSC. The summed E-state index contributed by atoms with van der Waals surface area (Å²) in [7, 11) is 1.56. The highest BCUT2D eigenvalue weighted by atomic mass is 32.2. The molecule has 0 bridgehead atoms. The molecule has 0 saturated carbocycles. The summed E-state index contributed by atoms with van der Waals surface area (Å²) in [5.41, 5.74) is -0.709. The lowest BCUT2D eigenvalue weighted by Crippen LogP contribution is -2.43. The molecule has 0 aliphatic heterocycles. The van der Waals surface area contributed by atoms with Crippen molar-refractivity contribution in [3.05, 3.63) is 0 Å². The standard InChI is InChI=1S/C12H25NO2S/c1-12(2,15-3)11(14)13-9-7-5-6-8-10-16-4/h5-10H2,1-4H3,(H,13,14). The van der Waals surface area contributed by atoms with Gasteiger partial charge in [-0.25, -0.2) is 0 Å². The fourth-order valence-corrected chi connectivity index (χ4v) is 1.73. The number of methoxy groups -OCH3 is 1. The molecule has 0 rings (SSSR count). The summed E-state index contributed by atoms with van der Waals surface area (Å²) >= 11 is 1.89. The Kier molecular flexibility index (Phi) is 8.76. The first-order valence-electron chi connectivity index (χ1n) is 5.87. The molecule has 0 fully saturated rings. The Labute approximate surface area is 104 Å². The largest absolute Gasteiger partial charge is 0.369 e. The summed E-state index contributed by atoms with van der Waals surface area (Å²) in [5, 5.41) is 2.90. The van der Waals surface area contributed by atoms with Gasteiger partial charge in [0.05, 0.1) is 0 Å². The lowest BCUT2D eigenvalue weighted by molar-refractivity contribution is -0.139. The van der Waals surface area contributed by atoms with E-state index in [0.29, 0.717) is 0 Å². The van der Waals surface area contributed by atoms with E-state index in [1.165, 1.54) is 25.0 Å². The number of nitrogens with one attached hydrogen (secondary N) is 1. The average molecular weight is 247 g/mol. The van der Waals surface area contributed by atoms with Crippen molar-refractivity contribution in [2.75, 3.05) is 25.7 Å². The predicted octanol–water partition coefficient (Wildman–Crippen LogP) is 2.45. The van der Waals surface area contributed by atoms with E-state index in [1.807, 2.05) is 11.8 Å². The maximum Gasteiger partial charge on any atom is 0.251 e. The Balaban J connectivity index is 3.42. The zero-order valence-corrected chi connectivity index (χ0v) is 11.8. The van der Waals surface area contributed by atoms with Gasteiger partial charge in [0.2, 0.25) is 0 Å². The maximum atomic E-state index is 11.6. The molecule has 0 aliphatic rings. The van der Waals surface area contributed by atoms with Crippen LogP contribution < -0.4 is 5.32 Å². The third kappa shape index (κ3) is 7.12. The number of rotatable bonds is 9. The Morgan fingerprint density at radius 2 is 1.88 bits per heavy atom. The average Bonchev–Trinajstić information content (AvgIpc) is 2.27. The molecule has 0 atom stereocenters. The van der Waals surface area contributed by atoms with Crippen LogP contribution in [0.1, 0.15) is 39.5 Å². The zero-order valence-electron chi connectivity index (χ0n) is 11.0. The van der Waals surface area contributed by atoms with Crippen LogP contribution in [0.5, 0.6) is 0 Å². The number of thioether (sulfide) groups is 1. The van der Waals surface area contributed by atoms with E-state index >= 15 is 0 Å². The lowest BCUT2D eigenvalue weighted by atomic mass is 10.1. The third-order valence-electron chi connectivity index (χ3n) is 2.62. The highest BCUT2D eigenvalue weighted by molar-refractivity contribution is 7.98. The number of hydrogen-bond acceptors (Lipinski definition) is 3. The van der Waals surface area contributed by atoms with E-state index in [-0.39, 0.29) is 5.91 Å². The van der Waals surface area contributed by atoms with Gasteiger partial charge in [-0.05, 0) is 38.7 Å². The lowest BCUT2D eigenvalue weighted by Gasteiger charge is -2.21. The van der Waals surface area contributed by atoms with Gasteiger partial charge < -0.3 is 10.1 Å². The second-order valence-electron chi connectivity index (χ2n) is 4.38. The maximum absolute atomic E-state index is 11.6. The molecule has 96 valence electrons. The molecule has 0 aromatic rings. The van der Waals surface area contributed by atoms with E-state index in [0.717, 1.165) is 13.0 Å². The Morgan fingerprint density at radius 1 is 1.25 bits per heavy atom. The number of carbonyl (C=O) groups is 1. The highest BCUT2D eigenvalue weighted by Gasteiger charge is 2.25. The first-order chi connectivity index (χ1) is 7.54. The van der Waals surface area contributed by atoms with Gasteiger partial charge in [0.15, 0.2) is 0 Å². The minimum Gasteiger partial charge on any atom is -0.369 e. The van der Waals surface area contributed by atoms with Crippen molar-refractivity contribution in [1.82, 2.24) is 5.32 Å². The number of unbranched alkanes of at least 4 members (excludes halogenated alkanes) is 3. The van der Waals surface area contributed by atoms with Crippen LogP contribution in [0.4, 0.5) is 0 Å². The topological polar surface area (TPSA) is 38.3 Å². The van der Waals surface area contributed by atoms with Gasteiger partial charge in [-0.15, -0.1) is 0 Å². The van der Waals surface area contributed by atoms with Gasteiger partial charge in [0.25, 0.3) is 5.91 Å². The summed E-state index contributed by atoms with van der Waals surface area (Å²) in [6, 6.07) is 0. The summed E-state index contributed by atoms with van der Waals surface area (Å²) in [5.74, 6) is 1.21. The van der Waals surface area contributed by atoms with Crippen LogP contribution in [0, 0.1) is 0 Å². The number of hydrogen-bond donors (Lipinski definition) is 1. The van der Waals surface area contributed by atoms with Crippen molar-refractivity contribution in [2.45, 2.75) is 45.1 Å². The first kappa shape index (κ1) is 15.8. The Hall–Kier alpha value is -0.220. The molecule has 3 nitrogen and oxygen atoms in total. The monoisotopic (exact) mass is 247 g/mol. The molecule has 0 aromatic heterocycles. The fourth-order valence-electron chi connectivity index (χ4n) is 1.23. The highest BCUT2D eigenvalue weighted by Crippen LogP contribution is 2.07. The number of carbonyl (C=O) groups excluding carboxylic acids is 1. The molecule has 0 spiro atoms. The van der Waals surface area contributed by atoms with Gasteiger partial charge in [-0.1, -0.05) is 12.8 Å².